The van der Waals surface area contributed by atoms with Crippen LogP contribution >= 0.6 is 11.3 Å². The van der Waals surface area contributed by atoms with Gasteiger partial charge in [-0.05, 0) is 23.4 Å². The summed E-state index contributed by atoms with van der Waals surface area (Å²) in [4.78, 5) is 12.8. The van der Waals surface area contributed by atoms with Crippen LogP contribution in [0.4, 0.5) is 0 Å². The summed E-state index contributed by atoms with van der Waals surface area (Å²) in [6, 6.07) is 10.3. The van der Waals surface area contributed by atoms with Crippen molar-refractivity contribution in [2.45, 2.75) is 20.4 Å². The normalized spacial score (nSPS) is 11.5. The smallest absolute Gasteiger partial charge is 0.274 e. The van der Waals surface area contributed by atoms with Crippen molar-refractivity contribution in [1.29, 1.82) is 0 Å². The lowest BCUT2D eigenvalue weighted by Gasteiger charge is -2.06. The first-order valence-electron chi connectivity index (χ1n) is 6.29. The van der Waals surface area contributed by atoms with E-state index in [2.05, 4.69) is 42.2 Å². The van der Waals surface area contributed by atoms with Crippen LogP contribution in [0.1, 0.15) is 13.8 Å². The lowest BCUT2D eigenvalue weighted by molar-refractivity contribution is 0.515. The molecule has 0 aliphatic heterocycles. The van der Waals surface area contributed by atoms with Crippen LogP contribution in [-0.2, 0) is 6.54 Å². The van der Waals surface area contributed by atoms with Crippen LogP contribution in [0.2, 0.25) is 0 Å². The number of fused-ring (bicyclic) bond motifs is 1. The molecule has 0 amide bonds. The second-order valence-corrected chi connectivity index (χ2v) is 6.09. The van der Waals surface area contributed by atoms with Crippen LogP contribution in [0.15, 0.2) is 35.1 Å². The Labute approximate surface area is 114 Å². The van der Waals surface area contributed by atoms with Gasteiger partial charge in [0.25, 0.3) is 0 Å². The van der Waals surface area contributed by atoms with Gasteiger partial charge in [0.15, 0.2) is 5.82 Å². The second kappa shape index (κ2) is 4.66. The Bertz CT molecular complexity index is 733. The highest BCUT2D eigenvalue weighted by atomic mass is 32.1. The standard InChI is InChI=1S/C14H15N3OS/c1-9(2)8-17-13(15-16-14(17)18)12-7-10-5-3-4-6-11(10)19-12/h3-7,9H,8H2,1-2H3,(H,16,18). The summed E-state index contributed by atoms with van der Waals surface area (Å²) in [7, 11) is 0. The first kappa shape index (κ1) is 12.2. The largest absolute Gasteiger partial charge is 0.343 e. The van der Waals surface area contributed by atoms with Crippen LogP contribution in [0.3, 0.4) is 0 Å². The zero-order valence-electron chi connectivity index (χ0n) is 10.9. The van der Waals surface area contributed by atoms with Crippen molar-refractivity contribution in [2.24, 2.45) is 5.92 Å². The Balaban J connectivity index is 2.13. The number of hydrogen-bond acceptors (Lipinski definition) is 3. The number of nitrogens with zero attached hydrogens (tertiary/aromatic N) is 2. The third-order valence-electron chi connectivity index (χ3n) is 2.95. The third-order valence-corrected chi connectivity index (χ3v) is 4.06. The molecule has 2 heterocycles. The van der Waals surface area contributed by atoms with Gasteiger partial charge < -0.3 is 0 Å². The molecule has 5 heteroatoms. The van der Waals surface area contributed by atoms with Gasteiger partial charge in [0, 0.05) is 11.2 Å². The van der Waals surface area contributed by atoms with E-state index in [0.717, 1.165) is 10.7 Å². The Kier molecular flexibility index (Phi) is 2.98. The van der Waals surface area contributed by atoms with Crippen molar-refractivity contribution in [2.75, 3.05) is 0 Å². The number of hydrogen-bond donors (Lipinski definition) is 1. The van der Waals surface area contributed by atoms with Crippen LogP contribution in [0.5, 0.6) is 0 Å². The van der Waals surface area contributed by atoms with Gasteiger partial charge in [-0.25, -0.2) is 9.89 Å². The van der Waals surface area contributed by atoms with Crippen molar-refractivity contribution in [1.82, 2.24) is 14.8 Å². The van der Waals surface area contributed by atoms with Gasteiger partial charge in [0.2, 0.25) is 0 Å². The van der Waals surface area contributed by atoms with Gasteiger partial charge >= 0.3 is 5.69 Å². The Hall–Kier alpha value is -1.88. The van der Waals surface area contributed by atoms with Gasteiger partial charge in [0.1, 0.15) is 0 Å². The topological polar surface area (TPSA) is 50.7 Å². The maximum Gasteiger partial charge on any atom is 0.343 e. The van der Waals surface area contributed by atoms with E-state index in [1.165, 1.54) is 10.1 Å². The van der Waals surface area contributed by atoms with Gasteiger partial charge in [-0.3, -0.25) is 4.57 Å². The van der Waals surface area contributed by atoms with Gasteiger partial charge in [-0.1, -0.05) is 32.0 Å². The molecule has 98 valence electrons. The van der Waals surface area contributed by atoms with Gasteiger partial charge in [-0.2, -0.15) is 5.10 Å². The molecule has 0 fully saturated rings. The minimum atomic E-state index is -0.138. The molecule has 3 aromatic rings. The predicted octanol–water partition coefficient (Wildman–Crippen LogP) is 3.11. The monoisotopic (exact) mass is 273 g/mol. The van der Waals surface area contributed by atoms with Crippen molar-refractivity contribution >= 4 is 21.4 Å². The van der Waals surface area contributed by atoms with Crippen molar-refractivity contribution in [3.05, 3.63) is 40.8 Å². The highest BCUT2D eigenvalue weighted by Gasteiger charge is 2.14. The number of aromatic amines is 1. The zero-order chi connectivity index (χ0) is 13.4. The maximum absolute atomic E-state index is 11.8. The molecule has 0 unspecified atom stereocenters. The van der Waals surface area contributed by atoms with E-state index >= 15 is 0 Å². The lowest BCUT2D eigenvalue weighted by Crippen LogP contribution is -2.20. The molecular formula is C14H15N3OS. The fourth-order valence-electron chi connectivity index (χ4n) is 2.13. The first-order chi connectivity index (χ1) is 9.15. The molecule has 19 heavy (non-hydrogen) atoms. The summed E-state index contributed by atoms with van der Waals surface area (Å²) in [5.74, 6) is 1.14. The van der Waals surface area contributed by atoms with E-state index in [9.17, 15) is 4.79 Å². The second-order valence-electron chi connectivity index (χ2n) is 5.01. The summed E-state index contributed by atoms with van der Waals surface area (Å²) in [5, 5.41) is 7.91. The SMILES string of the molecule is CC(C)Cn1c(-c2cc3ccccc3s2)n[nH]c1=O. The van der Waals surface area contributed by atoms with Crippen molar-refractivity contribution in [3.63, 3.8) is 0 Å². The van der Waals surface area contributed by atoms with Crippen molar-refractivity contribution < 1.29 is 0 Å². The highest BCUT2D eigenvalue weighted by molar-refractivity contribution is 7.22. The Morgan fingerprint density at radius 2 is 2.16 bits per heavy atom. The van der Waals surface area contributed by atoms with E-state index in [0.29, 0.717) is 12.5 Å². The summed E-state index contributed by atoms with van der Waals surface area (Å²) < 4.78 is 2.93. The summed E-state index contributed by atoms with van der Waals surface area (Å²) in [6.07, 6.45) is 0. The maximum atomic E-state index is 11.8. The molecule has 1 N–H and O–H groups in total. The molecule has 0 atom stereocenters. The fraction of sp³-hybridized carbons (Fsp3) is 0.286. The summed E-state index contributed by atoms with van der Waals surface area (Å²) in [5.41, 5.74) is -0.138. The lowest BCUT2D eigenvalue weighted by atomic mass is 10.2. The molecule has 4 nitrogen and oxygen atoms in total. The molecule has 0 radical (unpaired) electrons. The van der Waals surface area contributed by atoms with Crippen LogP contribution in [0.25, 0.3) is 20.8 Å². The Morgan fingerprint density at radius 1 is 1.37 bits per heavy atom. The first-order valence-corrected chi connectivity index (χ1v) is 7.11. The molecule has 0 aliphatic rings. The molecule has 0 saturated heterocycles. The average Bonchev–Trinajstić information content (AvgIpc) is 2.93. The number of benzene rings is 1. The number of rotatable bonds is 3. The van der Waals surface area contributed by atoms with Crippen molar-refractivity contribution in [3.8, 4) is 10.7 Å². The molecule has 2 aromatic heterocycles. The molecular weight excluding hydrogens is 258 g/mol. The number of thiophene rings is 1. The molecule has 0 bridgehead atoms. The predicted molar refractivity (Wildman–Crippen MR) is 78.5 cm³/mol. The molecule has 0 saturated carbocycles. The van der Waals surface area contributed by atoms with E-state index in [1.807, 2.05) is 12.1 Å². The van der Waals surface area contributed by atoms with Crippen LogP contribution in [0, 0.1) is 5.92 Å². The van der Waals surface area contributed by atoms with E-state index in [4.69, 9.17) is 0 Å². The van der Waals surface area contributed by atoms with E-state index in [-0.39, 0.29) is 5.69 Å². The molecule has 0 aliphatic carbocycles. The fourth-order valence-corrected chi connectivity index (χ4v) is 3.19. The average molecular weight is 273 g/mol. The van der Waals surface area contributed by atoms with Crippen LogP contribution in [-0.4, -0.2) is 14.8 Å². The number of H-pyrrole nitrogens is 1. The highest BCUT2D eigenvalue weighted by Crippen LogP contribution is 2.31. The molecule has 1 aromatic carbocycles. The third kappa shape index (κ3) is 2.21. The minimum Gasteiger partial charge on any atom is -0.274 e. The number of nitrogens with one attached hydrogen (secondary N) is 1. The molecule has 0 spiro atoms. The van der Waals surface area contributed by atoms with E-state index in [1.54, 1.807) is 15.9 Å². The summed E-state index contributed by atoms with van der Waals surface area (Å²) in [6.45, 7) is 4.86. The summed E-state index contributed by atoms with van der Waals surface area (Å²) >= 11 is 1.66. The molecule has 3 rings (SSSR count). The number of aromatic nitrogens is 3. The van der Waals surface area contributed by atoms with Gasteiger partial charge in [0.05, 0.1) is 4.88 Å². The zero-order valence-corrected chi connectivity index (χ0v) is 11.7. The quantitative estimate of drug-likeness (QED) is 0.797. The van der Waals surface area contributed by atoms with Gasteiger partial charge in [-0.15, -0.1) is 11.3 Å². The van der Waals surface area contributed by atoms with E-state index < -0.39 is 0 Å². The Morgan fingerprint density at radius 3 is 2.89 bits per heavy atom. The minimum absolute atomic E-state index is 0.138. The van der Waals surface area contributed by atoms with Crippen LogP contribution < -0.4 is 5.69 Å².